The molecule has 2 saturated heterocycles. The SMILES string of the molecule is CCCCC12CCC(CC[C@H]1COc1cccc(Cl)c1Cl)N2C. The molecule has 0 spiro atoms. The number of rotatable bonds is 6. The summed E-state index contributed by atoms with van der Waals surface area (Å²) in [7, 11) is 2.33. The van der Waals surface area contributed by atoms with Crippen LogP contribution in [0.2, 0.25) is 10.0 Å². The molecule has 0 N–H and O–H groups in total. The number of hydrogen-bond donors (Lipinski definition) is 0. The van der Waals surface area contributed by atoms with Crippen LogP contribution in [-0.4, -0.2) is 30.1 Å². The molecule has 4 heteroatoms. The van der Waals surface area contributed by atoms with Crippen molar-refractivity contribution in [3.63, 3.8) is 0 Å². The second-order valence-electron chi connectivity index (χ2n) is 7.15. The van der Waals surface area contributed by atoms with Gasteiger partial charge >= 0.3 is 0 Å². The minimum atomic E-state index is 0.323. The largest absolute Gasteiger partial charge is 0.492 e. The molecule has 0 amide bonds. The summed E-state index contributed by atoms with van der Waals surface area (Å²) in [6, 6.07) is 6.39. The fraction of sp³-hybridized carbons (Fsp3) is 0.684. The number of hydrogen-bond acceptors (Lipinski definition) is 2. The van der Waals surface area contributed by atoms with Gasteiger partial charge < -0.3 is 4.74 Å². The molecule has 2 nitrogen and oxygen atoms in total. The number of halogens is 2. The van der Waals surface area contributed by atoms with E-state index in [1.54, 1.807) is 6.07 Å². The van der Waals surface area contributed by atoms with Crippen molar-refractivity contribution in [1.82, 2.24) is 4.90 Å². The lowest BCUT2D eigenvalue weighted by Gasteiger charge is -2.48. The van der Waals surface area contributed by atoms with Gasteiger partial charge in [-0.1, -0.05) is 49.0 Å². The van der Waals surface area contributed by atoms with E-state index in [2.05, 4.69) is 18.9 Å². The zero-order valence-corrected chi connectivity index (χ0v) is 15.7. The summed E-state index contributed by atoms with van der Waals surface area (Å²) in [4.78, 5) is 2.67. The number of fused-ring (bicyclic) bond motifs is 2. The van der Waals surface area contributed by atoms with Gasteiger partial charge in [0.05, 0.1) is 11.6 Å². The Kier molecular flexibility index (Phi) is 5.45. The Labute approximate surface area is 150 Å². The third-order valence-corrected chi connectivity index (χ3v) is 6.89. The van der Waals surface area contributed by atoms with Crippen LogP contribution in [0.4, 0.5) is 0 Å². The van der Waals surface area contributed by atoms with Gasteiger partial charge in [0.25, 0.3) is 0 Å². The van der Waals surface area contributed by atoms with Crippen molar-refractivity contribution in [1.29, 1.82) is 0 Å². The maximum Gasteiger partial charge on any atom is 0.139 e. The lowest BCUT2D eigenvalue weighted by molar-refractivity contribution is -0.00513. The van der Waals surface area contributed by atoms with Crippen molar-refractivity contribution in [2.75, 3.05) is 13.7 Å². The molecule has 1 aromatic rings. The quantitative estimate of drug-likeness (QED) is 0.638. The molecule has 2 fully saturated rings. The van der Waals surface area contributed by atoms with E-state index in [1.807, 2.05) is 12.1 Å². The summed E-state index contributed by atoms with van der Waals surface area (Å²) in [5.74, 6) is 1.29. The lowest BCUT2D eigenvalue weighted by Crippen LogP contribution is -2.55. The van der Waals surface area contributed by atoms with Crippen LogP contribution < -0.4 is 4.74 Å². The first-order valence-electron chi connectivity index (χ1n) is 8.88. The summed E-state index contributed by atoms with van der Waals surface area (Å²) < 4.78 is 6.12. The molecule has 23 heavy (non-hydrogen) atoms. The Bertz CT molecular complexity index is 550. The standard InChI is InChI=1S/C19H27Cl2NO/c1-3-4-11-19-12-10-15(22(19)2)9-8-14(19)13-23-17-7-5-6-16(20)18(17)21/h5-7,14-15H,3-4,8-13H2,1-2H3/t14-,15?,19?/m0/s1. The monoisotopic (exact) mass is 355 g/mol. The molecule has 1 aromatic carbocycles. The average molecular weight is 356 g/mol. The molecule has 2 aliphatic rings. The number of benzene rings is 1. The number of piperidine rings is 1. The number of unbranched alkanes of at least 4 members (excludes halogenated alkanes) is 1. The van der Waals surface area contributed by atoms with Crippen molar-refractivity contribution in [2.24, 2.45) is 5.92 Å². The summed E-state index contributed by atoms with van der Waals surface area (Å²) in [5, 5.41) is 1.09. The highest BCUT2D eigenvalue weighted by atomic mass is 35.5. The fourth-order valence-corrected chi connectivity index (χ4v) is 5.00. The van der Waals surface area contributed by atoms with E-state index in [0.29, 0.717) is 27.3 Å². The first-order chi connectivity index (χ1) is 11.1. The first-order valence-corrected chi connectivity index (χ1v) is 9.64. The number of nitrogens with zero attached hydrogens (tertiary/aromatic N) is 1. The minimum Gasteiger partial charge on any atom is -0.492 e. The summed E-state index contributed by atoms with van der Waals surface area (Å²) in [6.45, 7) is 3.02. The van der Waals surface area contributed by atoms with E-state index in [4.69, 9.17) is 27.9 Å². The van der Waals surface area contributed by atoms with Crippen LogP contribution in [-0.2, 0) is 0 Å². The zero-order chi connectivity index (χ0) is 16.4. The summed E-state index contributed by atoms with van der Waals surface area (Å²) in [5.41, 5.74) is 0.323. The molecule has 3 rings (SSSR count). The van der Waals surface area contributed by atoms with Gasteiger partial charge in [0.2, 0.25) is 0 Å². The van der Waals surface area contributed by atoms with Crippen molar-refractivity contribution < 1.29 is 4.74 Å². The van der Waals surface area contributed by atoms with Gasteiger partial charge in [0, 0.05) is 17.5 Å². The van der Waals surface area contributed by atoms with Crippen LogP contribution in [0.25, 0.3) is 0 Å². The third kappa shape index (κ3) is 3.23. The van der Waals surface area contributed by atoms with Crippen LogP contribution in [0.3, 0.4) is 0 Å². The van der Waals surface area contributed by atoms with E-state index < -0.39 is 0 Å². The predicted octanol–water partition coefficient (Wildman–Crippen LogP) is 5.81. The van der Waals surface area contributed by atoms with E-state index in [-0.39, 0.29) is 0 Å². The van der Waals surface area contributed by atoms with Crippen molar-refractivity contribution >= 4 is 23.2 Å². The third-order valence-electron chi connectivity index (χ3n) is 6.09. The van der Waals surface area contributed by atoms with E-state index in [0.717, 1.165) is 12.6 Å². The van der Waals surface area contributed by atoms with Crippen molar-refractivity contribution in [3.05, 3.63) is 28.2 Å². The normalized spacial score (nSPS) is 30.6. The van der Waals surface area contributed by atoms with Gasteiger partial charge in [-0.3, -0.25) is 4.90 Å². The van der Waals surface area contributed by atoms with Gasteiger partial charge in [0.1, 0.15) is 10.8 Å². The lowest BCUT2D eigenvalue weighted by atomic mass is 9.75. The fourth-order valence-electron chi connectivity index (χ4n) is 4.66. The molecule has 128 valence electrons. The Balaban J connectivity index is 1.73. The van der Waals surface area contributed by atoms with Gasteiger partial charge in [-0.05, 0) is 51.3 Å². The minimum absolute atomic E-state index is 0.323. The molecule has 3 atom stereocenters. The molecule has 2 unspecified atom stereocenters. The topological polar surface area (TPSA) is 12.5 Å². The van der Waals surface area contributed by atoms with Crippen LogP contribution in [0.15, 0.2) is 18.2 Å². The second kappa shape index (κ2) is 7.21. The Morgan fingerprint density at radius 3 is 2.87 bits per heavy atom. The predicted molar refractivity (Wildman–Crippen MR) is 97.7 cm³/mol. The van der Waals surface area contributed by atoms with Crippen LogP contribution in [0, 0.1) is 5.92 Å². The molecule has 0 aliphatic carbocycles. The van der Waals surface area contributed by atoms with Crippen molar-refractivity contribution in [3.8, 4) is 5.75 Å². The molecular formula is C19H27Cl2NO. The maximum absolute atomic E-state index is 6.27. The maximum atomic E-state index is 6.27. The van der Waals surface area contributed by atoms with Crippen molar-refractivity contribution in [2.45, 2.75) is 63.5 Å². The first kappa shape index (κ1) is 17.4. The van der Waals surface area contributed by atoms with Gasteiger partial charge in [-0.2, -0.15) is 0 Å². The van der Waals surface area contributed by atoms with Gasteiger partial charge in [0.15, 0.2) is 0 Å². The molecule has 0 saturated carbocycles. The molecule has 2 aliphatic heterocycles. The summed E-state index contributed by atoms with van der Waals surface area (Å²) in [6.07, 6.45) is 9.05. The number of ether oxygens (including phenoxy) is 1. The molecule has 2 bridgehead atoms. The van der Waals surface area contributed by atoms with Gasteiger partial charge in [-0.15, -0.1) is 0 Å². The smallest absolute Gasteiger partial charge is 0.139 e. The highest BCUT2D eigenvalue weighted by Gasteiger charge is 2.51. The zero-order valence-electron chi connectivity index (χ0n) is 14.2. The van der Waals surface area contributed by atoms with E-state index in [1.165, 1.54) is 44.9 Å². The Hall–Kier alpha value is -0.440. The molecule has 0 aromatic heterocycles. The molecule has 0 radical (unpaired) electrons. The van der Waals surface area contributed by atoms with Crippen LogP contribution in [0.1, 0.15) is 51.9 Å². The van der Waals surface area contributed by atoms with Crippen LogP contribution in [0.5, 0.6) is 5.75 Å². The average Bonchev–Trinajstić information content (AvgIpc) is 2.75. The van der Waals surface area contributed by atoms with Gasteiger partial charge in [-0.25, -0.2) is 0 Å². The highest BCUT2D eigenvalue weighted by molar-refractivity contribution is 6.42. The second-order valence-corrected chi connectivity index (χ2v) is 7.93. The van der Waals surface area contributed by atoms with E-state index >= 15 is 0 Å². The highest BCUT2D eigenvalue weighted by Crippen LogP contribution is 2.49. The summed E-state index contributed by atoms with van der Waals surface area (Å²) >= 11 is 12.4. The van der Waals surface area contributed by atoms with Crippen LogP contribution >= 0.6 is 23.2 Å². The molecule has 2 heterocycles. The molecular weight excluding hydrogens is 329 g/mol. The Morgan fingerprint density at radius 2 is 2.09 bits per heavy atom. The Morgan fingerprint density at radius 1 is 1.26 bits per heavy atom. The van der Waals surface area contributed by atoms with E-state index in [9.17, 15) is 0 Å².